The number of hydrogen-bond acceptors (Lipinski definition) is 4. The lowest BCUT2D eigenvalue weighted by Gasteiger charge is -2.39. The van der Waals surface area contributed by atoms with E-state index in [9.17, 15) is 14.7 Å². The molecular weight excluding hydrogens is 294 g/mol. The lowest BCUT2D eigenvalue weighted by atomic mass is 9.89. The van der Waals surface area contributed by atoms with Crippen molar-refractivity contribution in [3.63, 3.8) is 0 Å². The van der Waals surface area contributed by atoms with Crippen molar-refractivity contribution in [1.29, 1.82) is 0 Å². The van der Waals surface area contributed by atoms with Gasteiger partial charge in [-0.3, -0.25) is 14.5 Å². The van der Waals surface area contributed by atoms with Gasteiger partial charge in [0.05, 0.1) is 6.10 Å². The highest BCUT2D eigenvalue weighted by atomic mass is 16.3. The van der Waals surface area contributed by atoms with E-state index in [-0.39, 0.29) is 29.4 Å². The van der Waals surface area contributed by atoms with Gasteiger partial charge in [-0.1, -0.05) is 20.8 Å². The van der Waals surface area contributed by atoms with E-state index in [1.807, 2.05) is 25.7 Å². The first kappa shape index (κ1) is 18.2. The van der Waals surface area contributed by atoms with Gasteiger partial charge in [0.15, 0.2) is 0 Å². The number of aliphatic hydroxyl groups excluding tert-OH is 1. The fourth-order valence-corrected chi connectivity index (χ4v) is 3.28. The molecular formula is C17H31N3O3. The number of amides is 2. The number of β-amino-alcohol motifs (C(OH)–C–C–N with tert-alkyl or cyclic N) is 1. The number of hydrogen-bond donors (Lipinski definition) is 1. The van der Waals surface area contributed by atoms with E-state index in [0.29, 0.717) is 26.2 Å². The topological polar surface area (TPSA) is 64.1 Å². The Balaban J connectivity index is 1.84. The van der Waals surface area contributed by atoms with Crippen molar-refractivity contribution >= 4 is 11.8 Å². The van der Waals surface area contributed by atoms with Crippen molar-refractivity contribution in [2.75, 3.05) is 39.3 Å². The molecule has 23 heavy (non-hydrogen) atoms. The minimum Gasteiger partial charge on any atom is -0.391 e. The molecule has 0 radical (unpaired) electrons. The summed E-state index contributed by atoms with van der Waals surface area (Å²) in [7, 11) is 0. The summed E-state index contributed by atoms with van der Waals surface area (Å²) in [5.74, 6) is 0.0847. The molecule has 2 saturated heterocycles. The molecule has 2 atom stereocenters. The number of nitrogens with zero attached hydrogens (tertiary/aromatic N) is 3. The van der Waals surface area contributed by atoms with Gasteiger partial charge in [-0.15, -0.1) is 0 Å². The van der Waals surface area contributed by atoms with Crippen LogP contribution in [-0.4, -0.2) is 83.0 Å². The third kappa shape index (κ3) is 4.44. The Morgan fingerprint density at radius 2 is 1.74 bits per heavy atom. The molecule has 0 saturated carbocycles. The van der Waals surface area contributed by atoms with Crippen LogP contribution >= 0.6 is 0 Å². The van der Waals surface area contributed by atoms with Gasteiger partial charge in [0.25, 0.3) is 0 Å². The van der Waals surface area contributed by atoms with Crippen molar-refractivity contribution in [3.8, 4) is 0 Å². The van der Waals surface area contributed by atoms with Crippen molar-refractivity contribution in [3.05, 3.63) is 0 Å². The van der Waals surface area contributed by atoms with Gasteiger partial charge in [0, 0.05) is 46.2 Å². The monoisotopic (exact) mass is 325 g/mol. The lowest BCUT2D eigenvalue weighted by molar-refractivity contribution is -0.144. The molecule has 0 unspecified atom stereocenters. The van der Waals surface area contributed by atoms with Crippen molar-refractivity contribution in [2.45, 2.75) is 52.7 Å². The largest absolute Gasteiger partial charge is 0.391 e. The van der Waals surface area contributed by atoms with Crippen LogP contribution in [0.1, 0.15) is 40.5 Å². The lowest BCUT2D eigenvalue weighted by Crippen LogP contribution is -2.55. The molecule has 1 N–H and O–H groups in total. The van der Waals surface area contributed by atoms with E-state index in [1.54, 1.807) is 4.90 Å². The Kier molecular flexibility index (Phi) is 5.68. The van der Waals surface area contributed by atoms with Crippen molar-refractivity contribution in [2.24, 2.45) is 5.41 Å². The maximum absolute atomic E-state index is 12.7. The predicted molar refractivity (Wildman–Crippen MR) is 88.9 cm³/mol. The average molecular weight is 325 g/mol. The second-order valence-electron chi connectivity index (χ2n) is 7.88. The SMILES string of the molecule is CC(=O)N1CCC[C@H]1C(=O)N1CCN(C[C@@H](O)C(C)(C)C)CC1. The van der Waals surface area contributed by atoms with E-state index in [4.69, 9.17) is 0 Å². The normalized spacial score (nSPS) is 24.8. The van der Waals surface area contributed by atoms with E-state index >= 15 is 0 Å². The number of likely N-dealkylation sites (tertiary alicyclic amines) is 1. The standard InChI is InChI=1S/C17H31N3O3/c1-13(21)20-7-5-6-14(20)16(23)19-10-8-18(9-11-19)12-15(22)17(2,3)4/h14-15,22H,5-12H2,1-4H3/t14-,15+/m0/s1. The third-order valence-corrected chi connectivity index (χ3v) is 5.06. The van der Waals surface area contributed by atoms with Crippen LogP contribution in [0.3, 0.4) is 0 Å². The van der Waals surface area contributed by atoms with Crippen LogP contribution in [0.25, 0.3) is 0 Å². The molecule has 6 nitrogen and oxygen atoms in total. The third-order valence-electron chi connectivity index (χ3n) is 5.06. The molecule has 0 aliphatic carbocycles. The number of piperazine rings is 1. The van der Waals surface area contributed by atoms with Crippen LogP contribution < -0.4 is 0 Å². The van der Waals surface area contributed by atoms with E-state index < -0.39 is 0 Å². The van der Waals surface area contributed by atoms with Gasteiger partial charge in [-0.05, 0) is 18.3 Å². The van der Waals surface area contributed by atoms with Crippen LogP contribution in [0.4, 0.5) is 0 Å². The molecule has 6 heteroatoms. The summed E-state index contributed by atoms with van der Waals surface area (Å²) >= 11 is 0. The van der Waals surface area contributed by atoms with Gasteiger partial charge >= 0.3 is 0 Å². The summed E-state index contributed by atoms with van der Waals surface area (Å²) < 4.78 is 0. The molecule has 0 aromatic rings. The first-order chi connectivity index (χ1) is 10.7. The summed E-state index contributed by atoms with van der Waals surface area (Å²) in [6.45, 7) is 11.9. The molecule has 2 fully saturated rings. The fourth-order valence-electron chi connectivity index (χ4n) is 3.28. The quantitative estimate of drug-likeness (QED) is 0.823. The molecule has 2 heterocycles. The van der Waals surface area contributed by atoms with Crippen LogP contribution in [0.2, 0.25) is 0 Å². The molecule has 0 spiro atoms. The summed E-state index contributed by atoms with van der Waals surface area (Å²) in [4.78, 5) is 30.1. The average Bonchev–Trinajstić information content (AvgIpc) is 2.96. The molecule has 0 aromatic carbocycles. The molecule has 2 amide bonds. The van der Waals surface area contributed by atoms with Crippen molar-refractivity contribution in [1.82, 2.24) is 14.7 Å². The Morgan fingerprint density at radius 1 is 1.13 bits per heavy atom. The maximum Gasteiger partial charge on any atom is 0.245 e. The van der Waals surface area contributed by atoms with Crippen LogP contribution in [0.5, 0.6) is 0 Å². The molecule has 0 aromatic heterocycles. The summed E-state index contributed by atoms with van der Waals surface area (Å²) in [6.07, 6.45) is 1.32. The highest BCUT2D eigenvalue weighted by Gasteiger charge is 2.36. The van der Waals surface area contributed by atoms with E-state index in [2.05, 4.69) is 4.90 Å². The van der Waals surface area contributed by atoms with Crippen LogP contribution in [0.15, 0.2) is 0 Å². The smallest absolute Gasteiger partial charge is 0.245 e. The zero-order valence-electron chi connectivity index (χ0n) is 14.9. The van der Waals surface area contributed by atoms with Crippen molar-refractivity contribution < 1.29 is 14.7 Å². The second kappa shape index (κ2) is 7.18. The summed E-state index contributed by atoms with van der Waals surface area (Å²) in [5, 5.41) is 10.2. The molecule has 0 bridgehead atoms. The number of aliphatic hydroxyl groups is 1. The summed E-state index contributed by atoms with van der Waals surface area (Å²) in [6, 6.07) is -0.265. The Hall–Kier alpha value is -1.14. The predicted octanol–water partition coefficient (Wildman–Crippen LogP) is 0.549. The minimum atomic E-state index is -0.368. The molecule has 2 aliphatic heterocycles. The molecule has 2 rings (SSSR count). The fraction of sp³-hybridized carbons (Fsp3) is 0.882. The maximum atomic E-state index is 12.7. The van der Waals surface area contributed by atoms with Gasteiger partial charge in [0.1, 0.15) is 6.04 Å². The van der Waals surface area contributed by atoms with Gasteiger partial charge in [0.2, 0.25) is 11.8 Å². The molecule has 132 valence electrons. The van der Waals surface area contributed by atoms with Crippen LogP contribution in [0, 0.1) is 5.41 Å². The number of rotatable bonds is 3. The number of carbonyl (C=O) groups is 2. The Labute approximate surface area is 139 Å². The van der Waals surface area contributed by atoms with E-state index in [1.165, 1.54) is 6.92 Å². The molecule has 2 aliphatic rings. The highest BCUT2D eigenvalue weighted by molar-refractivity contribution is 5.87. The first-order valence-electron chi connectivity index (χ1n) is 8.66. The van der Waals surface area contributed by atoms with Gasteiger partial charge in [-0.2, -0.15) is 0 Å². The minimum absolute atomic E-state index is 0.00668. The zero-order valence-corrected chi connectivity index (χ0v) is 14.9. The van der Waals surface area contributed by atoms with Gasteiger partial charge < -0.3 is 14.9 Å². The van der Waals surface area contributed by atoms with Gasteiger partial charge in [-0.25, -0.2) is 0 Å². The zero-order chi connectivity index (χ0) is 17.2. The Bertz CT molecular complexity index is 439. The van der Waals surface area contributed by atoms with Crippen LogP contribution in [-0.2, 0) is 9.59 Å². The highest BCUT2D eigenvalue weighted by Crippen LogP contribution is 2.22. The Morgan fingerprint density at radius 3 is 2.26 bits per heavy atom. The second-order valence-corrected chi connectivity index (χ2v) is 7.88. The number of carbonyl (C=O) groups excluding carboxylic acids is 2. The summed E-state index contributed by atoms with van der Waals surface area (Å²) in [5.41, 5.74) is -0.126. The van der Waals surface area contributed by atoms with E-state index in [0.717, 1.165) is 25.9 Å². The first-order valence-corrected chi connectivity index (χ1v) is 8.66.